The lowest BCUT2D eigenvalue weighted by Crippen LogP contribution is -2.18. The highest BCUT2D eigenvalue weighted by atomic mass is 19.1. The third-order valence-electron chi connectivity index (χ3n) is 3.19. The number of hydrogen-bond donors (Lipinski definition) is 2. The normalized spacial score (nSPS) is 10.2. The number of hydrogen-bond acceptors (Lipinski definition) is 3. The van der Waals surface area contributed by atoms with E-state index < -0.39 is 5.82 Å². The number of nitrogens with one attached hydrogen (secondary N) is 2. The maximum absolute atomic E-state index is 13.5. The van der Waals surface area contributed by atoms with Crippen molar-refractivity contribution in [3.05, 3.63) is 59.9 Å². The van der Waals surface area contributed by atoms with Crippen LogP contribution in [0.3, 0.4) is 0 Å². The van der Waals surface area contributed by atoms with Gasteiger partial charge in [-0.1, -0.05) is 24.3 Å². The van der Waals surface area contributed by atoms with Gasteiger partial charge in [0.05, 0.1) is 12.1 Å². The zero-order valence-electron chi connectivity index (χ0n) is 13.3. The molecule has 0 aliphatic carbocycles. The molecule has 6 heteroatoms. The lowest BCUT2D eigenvalue weighted by Gasteiger charge is -2.08. The Balaban J connectivity index is 1.88. The largest absolute Gasteiger partial charge is 0.372 e. The zero-order chi connectivity index (χ0) is 17.4. The second-order valence-electron chi connectivity index (χ2n) is 5.09. The quantitative estimate of drug-likeness (QED) is 0.820. The monoisotopic (exact) mass is 330 g/mol. The topological polar surface area (TPSA) is 67.4 Å². The molecule has 0 aliphatic rings. The summed E-state index contributed by atoms with van der Waals surface area (Å²) >= 11 is 0. The van der Waals surface area contributed by atoms with E-state index in [1.165, 1.54) is 12.1 Å². The van der Waals surface area contributed by atoms with E-state index >= 15 is 0 Å². The molecule has 0 fully saturated rings. The van der Waals surface area contributed by atoms with Gasteiger partial charge in [-0.15, -0.1) is 0 Å². The molecule has 2 rings (SSSR count). The third-order valence-corrected chi connectivity index (χ3v) is 3.19. The van der Waals surface area contributed by atoms with Crippen molar-refractivity contribution in [3.8, 4) is 0 Å². The van der Waals surface area contributed by atoms with E-state index in [0.29, 0.717) is 12.3 Å². The van der Waals surface area contributed by atoms with Gasteiger partial charge < -0.3 is 15.4 Å². The minimum Gasteiger partial charge on any atom is -0.372 e. The number of ether oxygens (including phenoxy) is 1. The summed E-state index contributed by atoms with van der Waals surface area (Å²) < 4.78 is 18.5. The molecule has 24 heavy (non-hydrogen) atoms. The molecule has 0 saturated heterocycles. The van der Waals surface area contributed by atoms with Crippen molar-refractivity contribution in [2.75, 3.05) is 23.8 Å². The number of anilines is 2. The lowest BCUT2D eigenvalue weighted by molar-refractivity contribution is -0.120. The van der Waals surface area contributed by atoms with Crippen LogP contribution < -0.4 is 10.6 Å². The highest BCUT2D eigenvalue weighted by molar-refractivity contribution is 5.93. The van der Waals surface area contributed by atoms with Crippen LogP contribution in [0.15, 0.2) is 48.5 Å². The van der Waals surface area contributed by atoms with Gasteiger partial charge in [0.1, 0.15) is 12.4 Å². The fourth-order valence-corrected chi connectivity index (χ4v) is 2.04. The van der Waals surface area contributed by atoms with E-state index in [2.05, 4.69) is 10.6 Å². The molecule has 126 valence electrons. The number of halogens is 1. The molecular formula is C18H19FN2O3. The highest BCUT2D eigenvalue weighted by Gasteiger charge is 2.08. The smallest absolute Gasteiger partial charge is 0.250 e. The van der Waals surface area contributed by atoms with Crippen LogP contribution in [-0.4, -0.2) is 25.0 Å². The van der Waals surface area contributed by atoms with Crippen LogP contribution in [0.2, 0.25) is 0 Å². The molecule has 2 N–H and O–H groups in total. The molecule has 2 aromatic rings. The molecule has 2 aromatic carbocycles. The van der Waals surface area contributed by atoms with Crippen molar-refractivity contribution in [3.63, 3.8) is 0 Å². The molecule has 0 bridgehead atoms. The van der Waals surface area contributed by atoms with Crippen molar-refractivity contribution < 1.29 is 18.7 Å². The maximum Gasteiger partial charge on any atom is 0.250 e. The fourth-order valence-electron chi connectivity index (χ4n) is 2.04. The summed E-state index contributed by atoms with van der Waals surface area (Å²) in [6.07, 6.45) is 0.113. The van der Waals surface area contributed by atoms with Gasteiger partial charge in [-0.05, 0) is 36.8 Å². The summed E-state index contributed by atoms with van der Waals surface area (Å²) in [5, 5.41) is 5.22. The highest BCUT2D eigenvalue weighted by Crippen LogP contribution is 2.14. The standard InChI is InChI=1S/C18H19FN2O3/c1-2-24-12-18(23)20-14-9-7-13(8-10-14)11-17(22)21-16-6-4-3-5-15(16)19/h3-10H,2,11-12H2,1H3,(H,20,23)(H,21,22). The van der Waals surface area contributed by atoms with Gasteiger partial charge in [-0.25, -0.2) is 4.39 Å². The second-order valence-corrected chi connectivity index (χ2v) is 5.09. The number of carbonyl (C=O) groups excluding carboxylic acids is 2. The molecule has 0 spiro atoms. The fraction of sp³-hybridized carbons (Fsp3) is 0.222. The number of para-hydroxylation sites is 1. The first-order valence-electron chi connectivity index (χ1n) is 7.59. The van der Waals surface area contributed by atoms with Crippen molar-refractivity contribution in [2.24, 2.45) is 0 Å². The van der Waals surface area contributed by atoms with Crippen LogP contribution in [0.1, 0.15) is 12.5 Å². The van der Waals surface area contributed by atoms with Gasteiger partial charge in [-0.2, -0.15) is 0 Å². The predicted molar refractivity (Wildman–Crippen MR) is 90.3 cm³/mol. The van der Waals surface area contributed by atoms with E-state index in [1.807, 2.05) is 6.92 Å². The first kappa shape index (κ1) is 17.6. The molecule has 0 atom stereocenters. The molecule has 0 saturated carbocycles. The predicted octanol–water partition coefficient (Wildman–Crippen LogP) is 2.98. The van der Waals surface area contributed by atoms with Crippen LogP contribution in [-0.2, 0) is 20.7 Å². The summed E-state index contributed by atoms with van der Waals surface area (Å²) in [5.74, 6) is -1.02. The van der Waals surface area contributed by atoms with Gasteiger partial charge in [0.15, 0.2) is 0 Å². The summed E-state index contributed by atoms with van der Waals surface area (Å²) in [6.45, 7) is 2.29. The summed E-state index contributed by atoms with van der Waals surface area (Å²) in [6, 6.07) is 12.9. The number of benzene rings is 2. The molecule has 0 radical (unpaired) electrons. The van der Waals surface area contributed by atoms with E-state index in [-0.39, 0.29) is 30.5 Å². The Morgan fingerprint density at radius 1 is 1.00 bits per heavy atom. The Hall–Kier alpha value is -2.73. The van der Waals surface area contributed by atoms with E-state index in [4.69, 9.17) is 4.74 Å². The minimum absolute atomic E-state index is 0.00327. The Morgan fingerprint density at radius 3 is 2.38 bits per heavy atom. The minimum atomic E-state index is -0.474. The molecular weight excluding hydrogens is 311 g/mol. The molecule has 0 aliphatic heterocycles. The van der Waals surface area contributed by atoms with Gasteiger partial charge in [0, 0.05) is 12.3 Å². The van der Waals surface area contributed by atoms with Crippen LogP contribution in [0, 0.1) is 5.82 Å². The van der Waals surface area contributed by atoms with Gasteiger partial charge in [0.2, 0.25) is 11.8 Å². The Bertz CT molecular complexity index is 702. The van der Waals surface area contributed by atoms with Gasteiger partial charge >= 0.3 is 0 Å². The van der Waals surface area contributed by atoms with Crippen LogP contribution in [0.5, 0.6) is 0 Å². The van der Waals surface area contributed by atoms with E-state index in [0.717, 1.165) is 5.56 Å². The Morgan fingerprint density at radius 2 is 1.71 bits per heavy atom. The van der Waals surface area contributed by atoms with Gasteiger partial charge in [0.25, 0.3) is 0 Å². The maximum atomic E-state index is 13.5. The Kier molecular flexibility index (Phi) is 6.45. The molecule has 0 aromatic heterocycles. The number of rotatable bonds is 7. The van der Waals surface area contributed by atoms with E-state index in [9.17, 15) is 14.0 Å². The lowest BCUT2D eigenvalue weighted by atomic mass is 10.1. The number of carbonyl (C=O) groups is 2. The zero-order valence-corrected chi connectivity index (χ0v) is 13.3. The summed E-state index contributed by atoms with van der Waals surface area (Å²) in [5.41, 5.74) is 1.53. The average Bonchev–Trinajstić information content (AvgIpc) is 2.57. The summed E-state index contributed by atoms with van der Waals surface area (Å²) in [7, 11) is 0. The van der Waals surface area contributed by atoms with E-state index in [1.54, 1.807) is 36.4 Å². The van der Waals surface area contributed by atoms with Crippen molar-refractivity contribution >= 4 is 23.2 Å². The summed E-state index contributed by atoms with van der Waals surface area (Å²) in [4.78, 5) is 23.5. The third kappa shape index (κ3) is 5.48. The van der Waals surface area contributed by atoms with Gasteiger partial charge in [-0.3, -0.25) is 9.59 Å². The molecule has 0 unspecified atom stereocenters. The molecule has 2 amide bonds. The molecule has 5 nitrogen and oxygen atoms in total. The number of amides is 2. The van der Waals surface area contributed by atoms with Crippen LogP contribution in [0.25, 0.3) is 0 Å². The Labute approximate surface area is 139 Å². The SMILES string of the molecule is CCOCC(=O)Nc1ccc(CC(=O)Nc2ccccc2F)cc1. The molecule has 0 heterocycles. The van der Waals surface area contributed by atoms with Crippen molar-refractivity contribution in [1.82, 2.24) is 0 Å². The van der Waals surface area contributed by atoms with Crippen molar-refractivity contribution in [2.45, 2.75) is 13.3 Å². The van der Waals surface area contributed by atoms with Crippen LogP contribution in [0.4, 0.5) is 15.8 Å². The second kappa shape index (κ2) is 8.79. The van der Waals surface area contributed by atoms with Crippen LogP contribution >= 0.6 is 0 Å². The first-order valence-corrected chi connectivity index (χ1v) is 7.59. The first-order chi connectivity index (χ1) is 11.6. The van der Waals surface area contributed by atoms with Crippen molar-refractivity contribution in [1.29, 1.82) is 0 Å². The average molecular weight is 330 g/mol.